The standard InChI is InChI=1S/C17H15BrN2/c1-12-7-6-8-13(2)16(12)20-11-15(18)19-17(20)14-9-4-3-5-10-14/h3-11H,1-2H3. The summed E-state index contributed by atoms with van der Waals surface area (Å²) < 4.78 is 3.00. The van der Waals surface area contributed by atoms with E-state index in [9.17, 15) is 0 Å². The summed E-state index contributed by atoms with van der Waals surface area (Å²) >= 11 is 3.49. The molecule has 100 valence electrons. The van der Waals surface area contributed by atoms with Crippen LogP contribution in [0.2, 0.25) is 0 Å². The number of imidazole rings is 1. The molecule has 0 aliphatic carbocycles. The van der Waals surface area contributed by atoms with Crippen LogP contribution < -0.4 is 0 Å². The quantitative estimate of drug-likeness (QED) is 0.653. The van der Waals surface area contributed by atoms with Crippen LogP contribution in [0.5, 0.6) is 0 Å². The lowest BCUT2D eigenvalue weighted by molar-refractivity contribution is 1.03. The number of hydrogen-bond acceptors (Lipinski definition) is 1. The fourth-order valence-corrected chi connectivity index (χ4v) is 2.87. The molecular formula is C17H15BrN2. The molecule has 0 saturated heterocycles. The van der Waals surface area contributed by atoms with Gasteiger partial charge >= 0.3 is 0 Å². The monoisotopic (exact) mass is 326 g/mol. The maximum Gasteiger partial charge on any atom is 0.145 e. The number of halogens is 1. The molecule has 0 aliphatic rings. The summed E-state index contributed by atoms with van der Waals surface area (Å²) in [7, 11) is 0. The first kappa shape index (κ1) is 13.1. The van der Waals surface area contributed by atoms with Gasteiger partial charge in [0.1, 0.15) is 10.4 Å². The molecule has 1 aromatic heterocycles. The average Bonchev–Trinajstić information content (AvgIpc) is 2.81. The number of nitrogens with zero attached hydrogens (tertiary/aromatic N) is 2. The van der Waals surface area contributed by atoms with Crippen LogP contribution >= 0.6 is 15.9 Å². The van der Waals surface area contributed by atoms with Gasteiger partial charge in [0.2, 0.25) is 0 Å². The predicted octanol–water partition coefficient (Wildman–Crippen LogP) is 4.92. The molecular weight excluding hydrogens is 312 g/mol. The minimum atomic E-state index is 0.846. The predicted molar refractivity (Wildman–Crippen MR) is 86.2 cm³/mol. The molecule has 0 aliphatic heterocycles. The first-order chi connectivity index (χ1) is 9.66. The Balaban J connectivity index is 2.26. The molecule has 3 rings (SSSR count). The van der Waals surface area contributed by atoms with Gasteiger partial charge in [-0.15, -0.1) is 0 Å². The molecule has 0 saturated carbocycles. The first-order valence-electron chi connectivity index (χ1n) is 6.53. The van der Waals surface area contributed by atoms with Crippen LogP contribution in [0.3, 0.4) is 0 Å². The van der Waals surface area contributed by atoms with Gasteiger partial charge < -0.3 is 0 Å². The maximum absolute atomic E-state index is 4.62. The van der Waals surface area contributed by atoms with Crippen molar-refractivity contribution in [2.75, 3.05) is 0 Å². The van der Waals surface area contributed by atoms with E-state index in [1.807, 2.05) is 24.4 Å². The van der Waals surface area contributed by atoms with Crippen molar-refractivity contribution in [3.05, 3.63) is 70.5 Å². The lowest BCUT2D eigenvalue weighted by Gasteiger charge is -2.13. The fourth-order valence-electron chi connectivity index (χ4n) is 2.50. The second-order valence-corrected chi connectivity index (χ2v) is 5.68. The highest BCUT2D eigenvalue weighted by atomic mass is 79.9. The van der Waals surface area contributed by atoms with Crippen molar-refractivity contribution in [3.8, 4) is 17.1 Å². The summed E-state index contributed by atoms with van der Waals surface area (Å²) in [5.41, 5.74) is 4.80. The summed E-state index contributed by atoms with van der Waals surface area (Å²) in [5.74, 6) is 0.954. The summed E-state index contributed by atoms with van der Waals surface area (Å²) in [6.45, 7) is 4.26. The minimum Gasteiger partial charge on any atom is -0.298 e. The number of hydrogen-bond donors (Lipinski definition) is 0. The summed E-state index contributed by atoms with van der Waals surface area (Å²) in [6.07, 6.45) is 2.03. The number of para-hydroxylation sites is 1. The largest absolute Gasteiger partial charge is 0.298 e. The third-order valence-corrected chi connectivity index (χ3v) is 3.77. The SMILES string of the molecule is Cc1cccc(C)c1-n1cc(Br)nc1-c1ccccc1. The highest BCUT2D eigenvalue weighted by Gasteiger charge is 2.13. The van der Waals surface area contributed by atoms with Gasteiger partial charge in [-0.2, -0.15) is 0 Å². The molecule has 0 bridgehead atoms. The van der Waals surface area contributed by atoms with Crippen LogP contribution in [0, 0.1) is 13.8 Å². The summed E-state index contributed by atoms with van der Waals surface area (Å²) in [5, 5.41) is 0. The van der Waals surface area contributed by atoms with Gasteiger partial charge in [0.05, 0.1) is 5.69 Å². The van der Waals surface area contributed by atoms with Gasteiger partial charge in [0.15, 0.2) is 0 Å². The highest BCUT2D eigenvalue weighted by molar-refractivity contribution is 9.10. The van der Waals surface area contributed by atoms with Crippen molar-refractivity contribution in [1.29, 1.82) is 0 Å². The van der Waals surface area contributed by atoms with Gasteiger partial charge in [-0.3, -0.25) is 4.57 Å². The highest BCUT2D eigenvalue weighted by Crippen LogP contribution is 2.28. The van der Waals surface area contributed by atoms with Crippen molar-refractivity contribution in [3.63, 3.8) is 0 Å². The second-order valence-electron chi connectivity index (χ2n) is 4.86. The third kappa shape index (κ3) is 2.29. The Kier molecular flexibility index (Phi) is 3.45. The van der Waals surface area contributed by atoms with Crippen molar-refractivity contribution in [2.24, 2.45) is 0 Å². The Morgan fingerprint density at radius 2 is 1.55 bits per heavy atom. The molecule has 0 spiro atoms. The van der Waals surface area contributed by atoms with E-state index in [0.717, 1.165) is 16.0 Å². The number of benzene rings is 2. The Bertz CT molecular complexity index is 725. The van der Waals surface area contributed by atoms with E-state index in [1.165, 1.54) is 16.8 Å². The Hall–Kier alpha value is -1.87. The normalized spacial score (nSPS) is 10.8. The van der Waals surface area contributed by atoms with Gasteiger partial charge in [0.25, 0.3) is 0 Å². The molecule has 2 nitrogen and oxygen atoms in total. The molecule has 3 heteroatoms. The van der Waals surface area contributed by atoms with Gasteiger partial charge in [-0.05, 0) is 40.9 Å². The lowest BCUT2D eigenvalue weighted by Crippen LogP contribution is -2.01. The van der Waals surface area contributed by atoms with E-state index in [2.05, 4.69) is 69.7 Å². The molecule has 0 radical (unpaired) electrons. The van der Waals surface area contributed by atoms with Crippen LogP contribution in [-0.2, 0) is 0 Å². The molecule has 0 fully saturated rings. The molecule has 0 N–H and O–H groups in total. The van der Waals surface area contributed by atoms with Crippen LogP contribution in [0.15, 0.2) is 59.3 Å². The number of rotatable bonds is 2. The molecule has 2 aromatic carbocycles. The number of aryl methyl sites for hydroxylation is 2. The van der Waals surface area contributed by atoms with Crippen molar-refractivity contribution < 1.29 is 0 Å². The van der Waals surface area contributed by atoms with E-state index in [4.69, 9.17) is 0 Å². The van der Waals surface area contributed by atoms with Crippen LogP contribution in [-0.4, -0.2) is 9.55 Å². The van der Waals surface area contributed by atoms with Crippen molar-refractivity contribution in [2.45, 2.75) is 13.8 Å². The number of aromatic nitrogens is 2. The van der Waals surface area contributed by atoms with Gasteiger partial charge in [-0.25, -0.2) is 4.98 Å². The molecule has 20 heavy (non-hydrogen) atoms. The van der Waals surface area contributed by atoms with Crippen LogP contribution in [0.4, 0.5) is 0 Å². The van der Waals surface area contributed by atoms with E-state index < -0.39 is 0 Å². The van der Waals surface area contributed by atoms with Crippen molar-refractivity contribution >= 4 is 15.9 Å². The maximum atomic E-state index is 4.62. The summed E-state index contributed by atoms with van der Waals surface area (Å²) in [4.78, 5) is 4.62. The first-order valence-corrected chi connectivity index (χ1v) is 7.33. The van der Waals surface area contributed by atoms with Crippen LogP contribution in [0.25, 0.3) is 17.1 Å². The second kappa shape index (κ2) is 5.25. The minimum absolute atomic E-state index is 0.846. The molecule has 1 heterocycles. The Morgan fingerprint density at radius 1 is 0.900 bits per heavy atom. The third-order valence-electron chi connectivity index (χ3n) is 3.39. The molecule has 0 amide bonds. The van der Waals surface area contributed by atoms with E-state index in [1.54, 1.807) is 0 Å². The van der Waals surface area contributed by atoms with Gasteiger partial charge in [-0.1, -0.05) is 48.5 Å². The Morgan fingerprint density at radius 3 is 2.20 bits per heavy atom. The van der Waals surface area contributed by atoms with Crippen LogP contribution in [0.1, 0.15) is 11.1 Å². The van der Waals surface area contributed by atoms with Crippen molar-refractivity contribution in [1.82, 2.24) is 9.55 Å². The molecule has 0 atom stereocenters. The average molecular weight is 327 g/mol. The van der Waals surface area contributed by atoms with E-state index in [-0.39, 0.29) is 0 Å². The lowest BCUT2D eigenvalue weighted by atomic mass is 10.1. The summed E-state index contributed by atoms with van der Waals surface area (Å²) in [6, 6.07) is 16.6. The smallest absolute Gasteiger partial charge is 0.145 e. The zero-order chi connectivity index (χ0) is 14.1. The topological polar surface area (TPSA) is 17.8 Å². The molecule has 0 unspecified atom stereocenters. The van der Waals surface area contributed by atoms with E-state index >= 15 is 0 Å². The zero-order valence-electron chi connectivity index (χ0n) is 11.5. The van der Waals surface area contributed by atoms with E-state index in [0.29, 0.717) is 0 Å². The zero-order valence-corrected chi connectivity index (χ0v) is 13.1. The Labute approximate surface area is 127 Å². The fraction of sp³-hybridized carbons (Fsp3) is 0.118. The van der Waals surface area contributed by atoms with Gasteiger partial charge in [0, 0.05) is 11.8 Å². The molecule has 3 aromatic rings.